The molecule has 1 unspecified atom stereocenters. The highest BCUT2D eigenvalue weighted by molar-refractivity contribution is 6.22. The van der Waals surface area contributed by atoms with Gasteiger partial charge in [-0.15, -0.1) is 0 Å². The van der Waals surface area contributed by atoms with Crippen LogP contribution in [0.2, 0.25) is 0 Å². The summed E-state index contributed by atoms with van der Waals surface area (Å²) < 4.78 is 21.1. The number of primary amides is 1. The first-order valence-corrected chi connectivity index (χ1v) is 14.4. The Kier molecular flexibility index (Phi) is 10.5. The fourth-order valence-corrected chi connectivity index (χ4v) is 4.90. The van der Waals surface area contributed by atoms with Gasteiger partial charge in [0.25, 0.3) is 0 Å². The van der Waals surface area contributed by atoms with Crippen LogP contribution < -0.4 is 21.3 Å². The predicted octanol–water partition coefficient (Wildman–Crippen LogP) is 1.41. The van der Waals surface area contributed by atoms with Crippen molar-refractivity contribution in [1.82, 2.24) is 19.9 Å². The van der Waals surface area contributed by atoms with Gasteiger partial charge in [0, 0.05) is 49.7 Å². The number of likely N-dealkylation sites (N-methyl/N-ethyl adjacent to an activating group) is 1. The second-order valence-electron chi connectivity index (χ2n) is 11.0. The maximum atomic E-state index is 13.4. The number of anilines is 1. The molecule has 7 N–H and O–H groups in total. The van der Waals surface area contributed by atoms with Crippen LogP contribution in [0.1, 0.15) is 37.3 Å². The number of amides is 4. The zero-order chi connectivity index (χ0) is 33.7. The first-order valence-electron chi connectivity index (χ1n) is 14.4. The molecule has 4 rings (SSSR count). The number of aromatic nitrogens is 1. The maximum absolute atomic E-state index is 13.4. The summed E-state index contributed by atoms with van der Waals surface area (Å²) in [4.78, 5) is 38.4. The standard InChI is InChI=1S/C30H37FN8O7/c1-18(2)21-15-22(26(41)16-25(21)40)28(32)38(30(33)44)20-4-5-24-19(14-20)6-8-36(24)11-13-46-12-10-35(3)27(42)7-9-37-17-23(31)29(43)34-39(37)45/h4-6,8,14-18,32,39-41H,7,9-13H2,1-3H3,(H2,33,44)(H,34,43). The molecule has 0 radical (unpaired) electrons. The summed E-state index contributed by atoms with van der Waals surface area (Å²) in [5.41, 5.74) is 9.21. The number of phenolic OH excluding ortho intramolecular Hbond substituents is 2. The van der Waals surface area contributed by atoms with E-state index in [1.165, 1.54) is 11.0 Å². The van der Waals surface area contributed by atoms with Crippen LogP contribution in [-0.2, 0) is 20.9 Å². The number of nitrogens with zero attached hydrogens (tertiary/aromatic N) is 4. The van der Waals surface area contributed by atoms with Gasteiger partial charge in [-0.25, -0.2) is 14.7 Å². The average Bonchev–Trinajstić information content (AvgIpc) is 3.39. The molecule has 246 valence electrons. The molecule has 0 spiro atoms. The summed E-state index contributed by atoms with van der Waals surface area (Å²) in [5, 5.41) is 42.0. The molecular formula is C30H37FN8O7. The second-order valence-corrected chi connectivity index (χ2v) is 11.0. The van der Waals surface area contributed by atoms with Crippen LogP contribution in [0.4, 0.5) is 14.9 Å². The number of urea groups is 1. The van der Waals surface area contributed by atoms with Crippen molar-refractivity contribution in [2.45, 2.75) is 32.7 Å². The first-order chi connectivity index (χ1) is 21.8. The highest BCUT2D eigenvalue weighted by Gasteiger charge is 2.26. The Morgan fingerprint density at radius 1 is 1.15 bits per heavy atom. The number of hydrogen-bond donors (Lipinski definition) is 6. The molecule has 1 aromatic heterocycles. The van der Waals surface area contributed by atoms with E-state index in [0.29, 0.717) is 24.4 Å². The third-order valence-electron chi connectivity index (χ3n) is 7.49. The summed E-state index contributed by atoms with van der Waals surface area (Å²) >= 11 is 0. The van der Waals surface area contributed by atoms with Gasteiger partial charge in [-0.05, 0) is 41.8 Å². The molecule has 0 bridgehead atoms. The van der Waals surface area contributed by atoms with E-state index in [1.54, 1.807) is 25.2 Å². The van der Waals surface area contributed by atoms with Crippen molar-refractivity contribution in [3.8, 4) is 11.5 Å². The minimum Gasteiger partial charge on any atom is -0.582 e. The lowest BCUT2D eigenvalue weighted by molar-refractivity contribution is -0.997. The van der Waals surface area contributed by atoms with Crippen molar-refractivity contribution >= 4 is 40.3 Å². The van der Waals surface area contributed by atoms with E-state index in [2.05, 4.69) is 0 Å². The molecule has 16 heteroatoms. The Bertz CT molecular complexity index is 1670. The molecule has 1 aliphatic heterocycles. The summed E-state index contributed by atoms with van der Waals surface area (Å²) in [6.07, 6.45) is 2.55. The fraction of sp³-hybridized carbons (Fsp3) is 0.333. The number of aromatic hydroxyl groups is 2. The van der Waals surface area contributed by atoms with Gasteiger partial charge in [0.2, 0.25) is 11.7 Å². The van der Waals surface area contributed by atoms with Crippen LogP contribution >= 0.6 is 0 Å². The highest BCUT2D eigenvalue weighted by Crippen LogP contribution is 2.34. The lowest BCUT2D eigenvalue weighted by Crippen LogP contribution is -3.21. The molecule has 0 aliphatic carbocycles. The largest absolute Gasteiger partial charge is 0.582 e. The number of hydrogen-bond acceptors (Lipinski definition) is 9. The molecule has 3 aromatic rings. The van der Waals surface area contributed by atoms with E-state index in [0.717, 1.165) is 33.1 Å². The number of nitrogens with one attached hydrogen (secondary N) is 3. The third kappa shape index (κ3) is 7.53. The minimum absolute atomic E-state index is 0.0436. The molecule has 4 amide bonds. The van der Waals surface area contributed by atoms with Gasteiger partial charge in [0.1, 0.15) is 17.3 Å². The Morgan fingerprint density at radius 3 is 2.59 bits per heavy atom. The molecule has 0 fully saturated rings. The molecular weight excluding hydrogens is 603 g/mol. The van der Waals surface area contributed by atoms with Crippen molar-refractivity contribution in [2.75, 3.05) is 38.3 Å². The van der Waals surface area contributed by atoms with Crippen molar-refractivity contribution < 1.29 is 39.0 Å². The van der Waals surface area contributed by atoms with Crippen LogP contribution in [-0.4, -0.2) is 81.7 Å². The van der Waals surface area contributed by atoms with Crippen LogP contribution in [0.5, 0.6) is 11.5 Å². The van der Waals surface area contributed by atoms with Crippen LogP contribution in [0.15, 0.2) is 54.6 Å². The quantitative estimate of drug-likeness (QED) is 0.0737. The summed E-state index contributed by atoms with van der Waals surface area (Å²) in [6.45, 7) is 4.96. The Labute approximate surface area is 263 Å². The smallest absolute Gasteiger partial charge is 0.328 e. The molecule has 2 aromatic carbocycles. The zero-order valence-electron chi connectivity index (χ0n) is 25.6. The fourth-order valence-electron chi connectivity index (χ4n) is 4.90. The number of ether oxygens (including phenoxy) is 1. The Morgan fingerprint density at radius 2 is 1.89 bits per heavy atom. The number of phenols is 2. The third-order valence-corrected chi connectivity index (χ3v) is 7.49. The van der Waals surface area contributed by atoms with E-state index in [1.807, 2.05) is 36.1 Å². The monoisotopic (exact) mass is 640 g/mol. The van der Waals surface area contributed by atoms with E-state index in [9.17, 15) is 34.2 Å². The topological polar surface area (TPSA) is 205 Å². The highest BCUT2D eigenvalue weighted by atomic mass is 19.1. The second kappa shape index (κ2) is 14.3. The summed E-state index contributed by atoms with van der Waals surface area (Å²) in [7, 11) is 1.58. The van der Waals surface area contributed by atoms with Gasteiger partial charge in [-0.1, -0.05) is 13.8 Å². The number of quaternary nitrogens is 1. The van der Waals surface area contributed by atoms with Gasteiger partial charge in [0.15, 0.2) is 0 Å². The molecule has 15 nitrogen and oxygen atoms in total. The minimum atomic E-state index is -1.11. The van der Waals surface area contributed by atoms with Crippen molar-refractivity contribution in [3.05, 3.63) is 71.0 Å². The normalized spacial score (nSPS) is 14.7. The van der Waals surface area contributed by atoms with Crippen LogP contribution in [0.25, 0.3) is 10.9 Å². The number of benzene rings is 2. The van der Waals surface area contributed by atoms with Crippen molar-refractivity contribution in [1.29, 1.82) is 5.41 Å². The number of carbonyl (C=O) groups excluding carboxylic acids is 3. The summed E-state index contributed by atoms with van der Waals surface area (Å²) in [5.74, 6) is -3.42. The van der Waals surface area contributed by atoms with Gasteiger partial charge < -0.3 is 35.4 Å². The number of fused-ring (bicyclic) bond motifs is 1. The first kappa shape index (κ1) is 33.7. The molecule has 1 aliphatic rings. The van der Waals surface area contributed by atoms with Gasteiger partial charge in [0.05, 0.1) is 37.2 Å². The lowest BCUT2D eigenvalue weighted by atomic mass is 9.98. The Balaban J connectivity index is 1.31. The van der Waals surface area contributed by atoms with E-state index >= 15 is 0 Å². The molecule has 0 saturated heterocycles. The van der Waals surface area contributed by atoms with Crippen LogP contribution in [0, 0.1) is 10.6 Å². The molecule has 0 saturated carbocycles. The number of amidine groups is 1. The lowest BCUT2D eigenvalue weighted by Gasteiger charge is -2.34. The average molecular weight is 641 g/mol. The number of rotatable bonds is 12. The predicted molar refractivity (Wildman–Crippen MR) is 166 cm³/mol. The summed E-state index contributed by atoms with van der Waals surface area (Å²) in [6, 6.07) is 8.63. The molecule has 1 atom stereocenters. The van der Waals surface area contributed by atoms with Gasteiger partial charge >= 0.3 is 11.9 Å². The molecule has 46 heavy (non-hydrogen) atoms. The van der Waals surface area contributed by atoms with E-state index in [-0.39, 0.29) is 60.8 Å². The van der Waals surface area contributed by atoms with Crippen molar-refractivity contribution in [2.24, 2.45) is 5.73 Å². The van der Waals surface area contributed by atoms with Gasteiger partial charge in [-0.2, -0.15) is 15.1 Å². The number of carbonyl (C=O) groups is 3. The van der Waals surface area contributed by atoms with E-state index < -0.39 is 23.0 Å². The van der Waals surface area contributed by atoms with Gasteiger partial charge in [-0.3, -0.25) is 15.0 Å². The van der Waals surface area contributed by atoms with Crippen molar-refractivity contribution in [3.63, 3.8) is 0 Å². The zero-order valence-corrected chi connectivity index (χ0v) is 25.6. The maximum Gasteiger partial charge on any atom is 0.328 e. The Hall–Kier alpha value is -5.19. The van der Waals surface area contributed by atoms with Crippen LogP contribution in [0.3, 0.4) is 0 Å². The van der Waals surface area contributed by atoms with E-state index in [4.69, 9.17) is 15.9 Å². The number of halogens is 1. The number of nitrogens with two attached hydrogens (primary N) is 1. The SMILES string of the molecule is CC(C)c1cc(C(=N)N(C(N)=O)c2ccc3c(ccn3CCOCCN(C)C(=O)CCN3C=C(F)C(=O)N[NH+]3[O-])c2)c(O)cc1O. The molecule has 2 heterocycles.